The molecule has 2 fully saturated rings. The van der Waals surface area contributed by atoms with E-state index < -0.39 is 0 Å². The Morgan fingerprint density at radius 1 is 1.36 bits per heavy atom. The Bertz CT molecular complexity index is 211. The maximum atomic E-state index is 11.3. The summed E-state index contributed by atoms with van der Waals surface area (Å²) in [5.74, 6) is 0.184. The van der Waals surface area contributed by atoms with Gasteiger partial charge in [-0.3, -0.25) is 4.79 Å². The van der Waals surface area contributed by atoms with Crippen LogP contribution in [0.4, 0.5) is 0 Å². The van der Waals surface area contributed by atoms with Gasteiger partial charge in [0.2, 0.25) is 5.91 Å². The Hall–Kier alpha value is -0.610. The molecular formula is C10H19N3O. The van der Waals surface area contributed by atoms with Gasteiger partial charge in [-0.2, -0.15) is 0 Å². The van der Waals surface area contributed by atoms with Gasteiger partial charge in [-0.15, -0.1) is 0 Å². The van der Waals surface area contributed by atoms with Gasteiger partial charge in [0, 0.05) is 12.6 Å². The number of amides is 1. The van der Waals surface area contributed by atoms with Crippen LogP contribution in [0.15, 0.2) is 0 Å². The average Bonchev–Trinajstić information content (AvgIpc) is 2.56. The van der Waals surface area contributed by atoms with E-state index in [1.807, 2.05) is 0 Å². The zero-order valence-electron chi connectivity index (χ0n) is 8.75. The third kappa shape index (κ3) is 2.25. The maximum absolute atomic E-state index is 11.3. The minimum atomic E-state index is 0.0726. The molecule has 0 spiro atoms. The fourth-order valence-corrected chi connectivity index (χ4v) is 2.21. The molecule has 1 atom stereocenters. The molecule has 0 radical (unpaired) electrons. The van der Waals surface area contributed by atoms with Crippen LogP contribution in [0.5, 0.6) is 0 Å². The molecule has 2 heterocycles. The van der Waals surface area contributed by atoms with Crippen molar-refractivity contribution in [2.75, 3.05) is 26.7 Å². The smallest absolute Gasteiger partial charge is 0.237 e. The van der Waals surface area contributed by atoms with Crippen LogP contribution in [0.2, 0.25) is 0 Å². The van der Waals surface area contributed by atoms with Gasteiger partial charge in [0.25, 0.3) is 0 Å². The van der Waals surface area contributed by atoms with Crippen LogP contribution in [0.25, 0.3) is 0 Å². The van der Waals surface area contributed by atoms with Crippen LogP contribution < -0.4 is 10.6 Å². The Balaban J connectivity index is 1.77. The molecule has 0 bridgehead atoms. The van der Waals surface area contributed by atoms with Crippen LogP contribution in [0.3, 0.4) is 0 Å². The van der Waals surface area contributed by atoms with Gasteiger partial charge in [0.15, 0.2) is 0 Å². The van der Waals surface area contributed by atoms with Gasteiger partial charge in [-0.1, -0.05) is 0 Å². The van der Waals surface area contributed by atoms with E-state index in [-0.39, 0.29) is 11.9 Å². The van der Waals surface area contributed by atoms with Gasteiger partial charge in [-0.05, 0) is 39.4 Å². The molecular weight excluding hydrogens is 178 g/mol. The van der Waals surface area contributed by atoms with Crippen LogP contribution in [0, 0.1) is 0 Å². The summed E-state index contributed by atoms with van der Waals surface area (Å²) in [6.45, 7) is 3.13. The SMILES string of the molecule is CN1CCC(NC2CCNC2=O)CC1. The highest BCUT2D eigenvalue weighted by molar-refractivity contribution is 5.83. The molecule has 4 heteroatoms. The Labute approximate surface area is 85.0 Å². The summed E-state index contributed by atoms with van der Waals surface area (Å²) in [4.78, 5) is 13.7. The highest BCUT2D eigenvalue weighted by atomic mass is 16.2. The van der Waals surface area contributed by atoms with Crippen molar-refractivity contribution in [3.05, 3.63) is 0 Å². The van der Waals surface area contributed by atoms with Gasteiger partial charge in [-0.25, -0.2) is 0 Å². The number of hydrogen-bond acceptors (Lipinski definition) is 3. The lowest BCUT2D eigenvalue weighted by Gasteiger charge is -2.30. The van der Waals surface area contributed by atoms with E-state index >= 15 is 0 Å². The summed E-state index contributed by atoms with van der Waals surface area (Å²) in [7, 11) is 2.15. The van der Waals surface area contributed by atoms with Crippen LogP contribution in [-0.2, 0) is 4.79 Å². The zero-order valence-corrected chi connectivity index (χ0v) is 8.75. The van der Waals surface area contributed by atoms with E-state index in [0.29, 0.717) is 6.04 Å². The predicted octanol–water partition coefficient (Wildman–Crippen LogP) is -0.441. The summed E-state index contributed by atoms with van der Waals surface area (Å²) < 4.78 is 0. The second-order valence-corrected chi connectivity index (χ2v) is 4.38. The number of piperidine rings is 1. The highest BCUT2D eigenvalue weighted by Crippen LogP contribution is 2.11. The second kappa shape index (κ2) is 4.28. The van der Waals surface area contributed by atoms with Crippen molar-refractivity contribution in [2.45, 2.75) is 31.3 Å². The zero-order chi connectivity index (χ0) is 9.97. The Morgan fingerprint density at radius 2 is 2.07 bits per heavy atom. The number of carbonyl (C=O) groups excluding carboxylic acids is 1. The topological polar surface area (TPSA) is 44.4 Å². The number of hydrogen-bond donors (Lipinski definition) is 2. The van der Waals surface area contributed by atoms with Crippen molar-refractivity contribution < 1.29 is 4.79 Å². The first kappa shape index (κ1) is 9.93. The van der Waals surface area contributed by atoms with Crippen molar-refractivity contribution in [3.63, 3.8) is 0 Å². The number of nitrogens with one attached hydrogen (secondary N) is 2. The normalized spacial score (nSPS) is 30.6. The third-order valence-electron chi connectivity index (χ3n) is 3.20. The summed E-state index contributed by atoms with van der Waals surface area (Å²) >= 11 is 0. The van der Waals surface area contributed by atoms with Crippen molar-refractivity contribution in [1.29, 1.82) is 0 Å². The third-order valence-corrected chi connectivity index (χ3v) is 3.20. The number of rotatable bonds is 2. The van der Waals surface area contributed by atoms with Crippen molar-refractivity contribution in [1.82, 2.24) is 15.5 Å². The summed E-state index contributed by atoms with van der Waals surface area (Å²) in [6, 6.07) is 0.614. The lowest BCUT2D eigenvalue weighted by molar-refractivity contribution is -0.121. The van der Waals surface area contributed by atoms with Crippen molar-refractivity contribution in [2.24, 2.45) is 0 Å². The Morgan fingerprint density at radius 3 is 2.64 bits per heavy atom. The molecule has 0 aromatic rings. The molecule has 1 unspecified atom stereocenters. The second-order valence-electron chi connectivity index (χ2n) is 4.38. The van der Waals surface area contributed by atoms with Gasteiger partial charge in [0.05, 0.1) is 6.04 Å². The van der Waals surface area contributed by atoms with Crippen LogP contribution >= 0.6 is 0 Å². The molecule has 1 amide bonds. The molecule has 2 N–H and O–H groups in total. The Kier molecular flexibility index (Phi) is 3.03. The van der Waals surface area contributed by atoms with E-state index in [4.69, 9.17) is 0 Å². The van der Waals surface area contributed by atoms with Crippen molar-refractivity contribution >= 4 is 5.91 Å². The number of likely N-dealkylation sites (tertiary alicyclic amines) is 1. The minimum Gasteiger partial charge on any atom is -0.355 e. The molecule has 0 saturated carbocycles. The summed E-state index contributed by atoms with van der Waals surface area (Å²) in [5.41, 5.74) is 0. The largest absolute Gasteiger partial charge is 0.355 e. The summed E-state index contributed by atoms with van der Waals surface area (Å²) in [5, 5.41) is 6.31. The average molecular weight is 197 g/mol. The molecule has 2 saturated heterocycles. The first-order valence-corrected chi connectivity index (χ1v) is 5.48. The maximum Gasteiger partial charge on any atom is 0.237 e. The van der Waals surface area contributed by atoms with Gasteiger partial charge >= 0.3 is 0 Å². The monoisotopic (exact) mass is 197 g/mol. The molecule has 4 nitrogen and oxygen atoms in total. The van der Waals surface area contributed by atoms with E-state index in [1.54, 1.807) is 0 Å². The molecule has 0 aromatic carbocycles. The lowest BCUT2D eigenvalue weighted by Crippen LogP contribution is -2.47. The number of nitrogens with zero attached hydrogens (tertiary/aromatic N) is 1. The fraction of sp³-hybridized carbons (Fsp3) is 0.900. The van der Waals surface area contributed by atoms with E-state index in [1.165, 1.54) is 12.8 Å². The van der Waals surface area contributed by atoms with E-state index in [2.05, 4.69) is 22.6 Å². The molecule has 14 heavy (non-hydrogen) atoms. The van der Waals surface area contributed by atoms with Gasteiger partial charge in [0.1, 0.15) is 0 Å². The standard InChI is InChI=1S/C10H19N3O/c1-13-6-3-8(4-7-13)12-9-2-5-11-10(9)14/h8-9,12H,2-7H2,1H3,(H,11,14). The molecule has 2 aliphatic rings. The van der Waals surface area contributed by atoms with Crippen molar-refractivity contribution in [3.8, 4) is 0 Å². The van der Waals surface area contributed by atoms with E-state index in [0.717, 1.165) is 26.1 Å². The van der Waals surface area contributed by atoms with Gasteiger partial charge < -0.3 is 15.5 Å². The first-order valence-electron chi connectivity index (χ1n) is 5.48. The van der Waals surface area contributed by atoms with Crippen LogP contribution in [-0.4, -0.2) is 49.6 Å². The summed E-state index contributed by atoms with van der Waals surface area (Å²) in [6.07, 6.45) is 3.28. The predicted molar refractivity (Wildman–Crippen MR) is 55.1 cm³/mol. The molecule has 0 aliphatic carbocycles. The van der Waals surface area contributed by atoms with Crippen LogP contribution in [0.1, 0.15) is 19.3 Å². The minimum absolute atomic E-state index is 0.0726. The first-order chi connectivity index (χ1) is 6.75. The molecule has 80 valence electrons. The number of carbonyl (C=O) groups is 1. The highest BCUT2D eigenvalue weighted by Gasteiger charge is 2.27. The quantitative estimate of drug-likeness (QED) is 0.631. The van der Waals surface area contributed by atoms with E-state index in [9.17, 15) is 4.79 Å². The molecule has 0 aromatic heterocycles. The molecule has 2 rings (SSSR count). The lowest BCUT2D eigenvalue weighted by atomic mass is 10.0. The molecule has 2 aliphatic heterocycles. The fourth-order valence-electron chi connectivity index (χ4n) is 2.21.